The minimum Gasteiger partial charge on any atom is -0.490 e. The third-order valence-corrected chi connectivity index (χ3v) is 3.65. The number of benzene rings is 1. The van der Waals surface area contributed by atoms with Crippen molar-refractivity contribution in [2.24, 2.45) is 4.99 Å². The van der Waals surface area contributed by atoms with Crippen LogP contribution in [0.4, 0.5) is 5.69 Å². The summed E-state index contributed by atoms with van der Waals surface area (Å²) in [5, 5.41) is 10.8. The van der Waals surface area contributed by atoms with Crippen molar-refractivity contribution in [1.29, 1.82) is 0 Å². The molecule has 2 aromatic rings. The minimum atomic E-state index is 0.677. The number of hydrogen-bond acceptors (Lipinski definition) is 4. The van der Waals surface area contributed by atoms with Gasteiger partial charge in [0.1, 0.15) is 0 Å². The van der Waals surface area contributed by atoms with E-state index < -0.39 is 0 Å². The first-order chi connectivity index (χ1) is 11.8. The number of nitrogens with one attached hydrogen (secondary N) is 2. The Morgan fingerprint density at radius 2 is 2.17 bits per heavy atom. The van der Waals surface area contributed by atoms with E-state index in [-0.39, 0.29) is 0 Å². The Morgan fingerprint density at radius 3 is 2.96 bits per heavy atom. The molecule has 1 aliphatic rings. The van der Waals surface area contributed by atoms with E-state index in [1.807, 2.05) is 35.1 Å². The first kappa shape index (κ1) is 16.2. The van der Waals surface area contributed by atoms with Gasteiger partial charge in [-0.2, -0.15) is 5.10 Å². The quantitative estimate of drug-likeness (QED) is 0.499. The van der Waals surface area contributed by atoms with Crippen LogP contribution >= 0.6 is 0 Å². The van der Waals surface area contributed by atoms with Gasteiger partial charge < -0.3 is 20.1 Å². The van der Waals surface area contributed by atoms with Crippen molar-refractivity contribution < 1.29 is 9.47 Å². The monoisotopic (exact) mass is 329 g/mol. The highest BCUT2D eigenvalue weighted by atomic mass is 16.5. The van der Waals surface area contributed by atoms with Crippen LogP contribution < -0.4 is 20.1 Å². The summed E-state index contributed by atoms with van der Waals surface area (Å²) in [6.07, 6.45) is 5.61. The highest BCUT2D eigenvalue weighted by molar-refractivity contribution is 5.93. The van der Waals surface area contributed by atoms with Crippen LogP contribution in [0.25, 0.3) is 0 Å². The van der Waals surface area contributed by atoms with Gasteiger partial charge >= 0.3 is 0 Å². The highest BCUT2D eigenvalue weighted by Gasteiger charge is 2.11. The summed E-state index contributed by atoms with van der Waals surface area (Å²) in [5.41, 5.74) is 0.916. The largest absolute Gasteiger partial charge is 0.490 e. The summed E-state index contributed by atoms with van der Waals surface area (Å²) >= 11 is 0. The molecule has 0 saturated carbocycles. The zero-order valence-corrected chi connectivity index (χ0v) is 13.9. The topological polar surface area (TPSA) is 72.7 Å². The number of aliphatic imine (C=N–C) groups is 1. The summed E-state index contributed by atoms with van der Waals surface area (Å²) in [5.74, 6) is 2.29. The molecule has 1 aliphatic heterocycles. The van der Waals surface area contributed by atoms with E-state index in [9.17, 15) is 0 Å². The van der Waals surface area contributed by atoms with Crippen LogP contribution in [0.1, 0.15) is 12.8 Å². The van der Waals surface area contributed by atoms with E-state index in [0.29, 0.717) is 13.2 Å². The van der Waals surface area contributed by atoms with Crippen molar-refractivity contribution in [3.05, 3.63) is 36.7 Å². The standard InChI is InChI=1S/C17H23N5O2/c1-18-17(19-7-2-9-22-10-3-8-20-22)21-14-5-6-15-16(13-14)24-12-4-11-23-15/h3,5-6,8,10,13H,2,4,7,9,11-12H2,1H3,(H2,18,19,21). The Labute approximate surface area is 141 Å². The molecule has 3 rings (SSSR count). The van der Waals surface area contributed by atoms with E-state index in [0.717, 1.165) is 49.1 Å². The van der Waals surface area contributed by atoms with Crippen LogP contribution in [0, 0.1) is 0 Å². The van der Waals surface area contributed by atoms with Crippen LogP contribution in [0.2, 0.25) is 0 Å². The number of anilines is 1. The molecule has 1 aromatic heterocycles. The van der Waals surface area contributed by atoms with Gasteiger partial charge in [0.15, 0.2) is 17.5 Å². The van der Waals surface area contributed by atoms with Crippen LogP contribution in [-0.4, -0.2) is 42.5 Å². The summed E-state index contributed by atoms with van der Waals surface area (Å²) in [6, 6.07) is 7.76. The summed E-state index contributed by atoms with van der Waals surface area (Å²) < 4.78 is 13.3. The van der Waals surface area contributed by atoms with E-state index >= 15 is 0 Å². The lowest BCUT2D eigenvalue weighted by molar-refractivity contribution is 0.297. The lowest BCUT2D eigenvalue weighted by atomic mass is 10.2. The molecule has 0 fully saturated rings. The molecule has 0 bridgehead atoms. The Kier molecular flexibility index (Phi) is 5.55. The first-order valence-corrected chi connectivity index (χ1v) is 8.20. The Morgan fingerprint density at radius 1 is 1.29 bits per heavy atom. The molecule has 1 aromatic carbocycles. The third kappa shape index (κ3) is 4.41. The summed E-state index contributed by atoms with van der Waals surface area (Å²) in [7, 11) is 1.76. The number of rotatable bonds is 5. The number of ether oxygens (including phenoxy) is 2. The Hall–Kier alpha value is -2.70. The van der Waals surface area contributed by atoms with E-state index in [1.165, 1.54) is 0 Å². The van der Waals surface area contributed by atoms with Gasteiger partial charge in [0, 0.05) is 50.7 Å². The maximum Gasteiger partial charge on any atom is 0.195 e. The van der Waals surface area contributed by atoms with E-state index in [4.69, 9.17) is 9.47 Å². The van der Waals surface area contributed by atoms with Gasteiger partial charge in [-0.05, 0) is 24.6 Å². The fourth-order valence-corrected chi connectivity index (χ4v) is 2.44. The van der Waals surface area contributed by atoms with Gasteiger partial charge in [0.25, 0.3) is 0 Å². The fourth-order valence-electron chi connectivity index (χ4n) is 2.44. The predicted octanol–water partition coefficient (Wildman–Crippen LogP) is 2.12. The average Bonchev–Trinajstić information content (AvgIpc) is 3.01. The first-order valence-electron chi connectivity index (χ1n) is 8.20. The second-order valence-corrected chi connectivity index (χ2v) is 5.46. The van der Waals surface area contributed by atoms with Gasteiger partial charge in [-0.15, -0.1) is 0 Å². The summed E-state index contributed by atoms with van der Waals surface area (Å²) in [6.45, 7) is 3.06. The van der Waals surface area contributed by atoms with Gasteiger partial charge in [0.05, 0.1) is 13.2 Å². The molecule has 0 radical (unpaired) electrons. The molecule has 0 spiro atoms. The molecule has 128 valence electrons. The van der Waals surface area contributed by atoms with Crippen molar-refractivity contribution >= 4 is 11.6 Å². The van der Waals surface area contributed by atoms with Crippen molar-refractivity contribution in [3.8, 4) is 11.5 Å². The average molecular weight is 329 g/mol. The van der Waals surface area contributed by atoms with Crippen LogP contribution in [-0.2, 0) is 6.54 Å². The smallest absolute Gasteiger partial charge is 0.195 e. The second-order valence-electron chi connectivity index (χ2n) is 5.46. The van der Waals surface area contributed by atoms with Crippen molar-refractivity contribution in [3.63, 3.8) is 0 Å². The molecular formula is C17H23N5O2. The molecule has 0 aliphatic carbocycles. The van der Waals surface area contributed by atoms with Crippen molar-refractivity contribution in [2.75, 3.05) is 32.1 Å². The number of aryl methyl sites for hydroxylation is 1. The van der Waals surface area contributed by atoms with E-state index in [2.05, 4.69) is 20.7 Å². The lowest BCUT2D eigenvalue weighted by Crippen LogP contribution is -2.31. The minimum absolute atomic E-state index is 0.677. The molecule has 0 unspecified atom stereocenters. The molecular weight excluding hydrogens is 306 g/mol. The van der Waals surface area contributed by atoms with Crippen LogP contribution in [0.3, 0.4) is 0 Å². The van der Waals surface area contributed by atoms with Gasteiger partial charge in [-0.25, -0.2) is 0 Å². The summed E-state index contributed by atoms with van der Waals surface area (Å²) in [4.78, 5) is 4.25. The maximum atomic E-state index is 5.71. The number of guanidine groups is 1. The fraction of sp³-hybridized carbons (Fsp3) is 0.412. The zero-order valence-electron chi connectivity index (χ0n) is 13.9. The number of fused-ring (bicyclic) bond motifs is 1. The number of aromatic nitrogens is 2. The molecule has 24 heavy (non-hydrogen) atoms. The third-order valence-electron chi connectivity index (χ3n) is 3.65. The molecule has 0 amide bonds. The Bertz CT molecular complexity index is 670. The van der Waals surface area contributed by atoms with E-state index in [1.54, 1.807) is 13.2 Å². The van der Waals surface area contributed by atoms with Crippen LogP contribution in [0.15, 0.2) is 41.7 Å². The molecule has 2 heterocycles. The SMILES string of the molecule is CN=C(NCCCn1cccn1)Nc1ccc2c(c1)OCCCO2. The number of nitrogens with zero attached hydrogens (tertiary/aromatic N) is 3. The highest BCUT2D eigenvalue weighted by Crippen LogP contribution is 2.32. The predicted molar refractivity (Wildman–Crippen MR) is 93.9 cm³/mol. The molecule has 0 atom stereocenters. The molecule has 7 heteroatoms. The van der Waals surface area contributed by atoms with Crippen molar-refractivity contribution in [1.82, 2.24) is 15.1 Å². The zero-order chi connectivity index (χ0) is 16.6. The molecule has 0 saturated heterocycles. The maximum absolute atomic E-state index is 5.71. The van der Waals surface area contributed by atoms with Gasteiger partial charge in [-0.1, -0.05) is 0 Å². The number of hydrogen-bond donors (Lipinski definition) is 2. The second kappa shape index (κ2) is 8.24. The lowest BCUT2D eigenvalue weighted by Gasteiger charge is -2.14. The van der Waals surface area contributed by atoms with Gasteiger partial charge in [-0.3, -0.25) is 9.67 Å². The van der Waals surface area contributed by atoms with Crippen LogP contribution in [0.5, 0.6) is 11.5 Å². The molecule has 2 N–H and O–H groups in total. The normalized spacial score (nSPS) is 14.1. The Balaban J connectivity index is 1.50. The molecule has 7 nitrogen and oxygen atoms in total. The van der Waals surface area contributed by atoms with Gasteiger partial charge in [0.2, 0.25) is 0 Å². The van der Waals surface area contributed by atoms with Crippen molar-refractivity contribution in [2.45, 2.75) is 19.4 Å².